The number of unbranched alkanes of at least 4 members (excludes halogenated alkanes) is 1. The normalized spacial score (nSPS) is 14.2. The van der Waals surface area contributed by atoms with E-state index in [1.54, 1.807) is 7.11 Å². The summed E-state index contributed by atoms with van der Waals surface area (Å²) in [7, 11) is 1.67. The number of hydrogen-bond acceptors (Lipinski definition) is 2. The molecule has 108 valence electrons. The van der Waals surface area contributed by atoms with E-state index >= 15 is 0 Å². The van der Waals surface area contributed by atoms with E-state index in [-0.39, 0.29) is 6.10 Å². The lowest BCUT2D eigenvalue weighted by Gasteiger charge is -2.22. The van der Waals surface area contributed by atoms with Crippen molar-refractivity contribution in [2.45, 2.75) is 52.1 Å². The van der Waals surface area contributed by atoms with Gasteiger partial charge < -0.3 is 9.84 Å². The zero-order chi connectivity index (χ0) is 14.3. The monoisotopic (exact) mass is 328 g/mol. The molecule has 1 aromatic rings. The van der Waals surface area contributed by atoms with E-state index in [0.29, 0.717) is 12.3 Å². The van der Waals surface area contributed by atoms with Crippen LogP contribution in [0.1, 0.15) is 45.1 Å². The van der Waals surface area contributed by atoms with Gasteiger partial charge in [0, 0.05) is 4.47 Å². The van der Waals surface area contributed by atoms with Gasteiger partial charge in [0.05, 0.1) is 13.2 Å². The molecule has 2 unspecified atom stereocenters. The Kier molecular flexibility index (Phi) is 7.47. The molecule has 3 heteroatoms. The Morgan fingerprint density at radius 3 is 2.63 bits per heavy atom. The third kappa shape index (κ3) is 5.15. The van der Waals surface area contributed by atoms with Crippen LogP contribution in [0.25, 0.3) is 0 Å². The summed E-state index contributed by atoms with van der Waals surface area (Å²) in [6, 6.07) is 5.90. The molecule has 0 amide bonds. The van der Waals surface area contributed by atoms with Gasteiger partial charge in [-0.3, -0.25) is 0 Å². The average molecular weight is 329 g/mol. The Hall–Kier alpha value is -0.540. The minimum absolute atomic E-state index is 0.278. The first kappa shape index (κ1) is 16.5. The second-order valence-corrected chi connectivity index (χ2v) is 5.89. The summed E-state index contributed by atoms with van der Waals surface area (Å²) in [5.41, 5.74) is 1.11. The van der Waals surface area contributed by atoms with Crippen LogP contribution in [0, 0.1) is 5.92 Å². The van der Waals surface area contributed by atoms with Crippen LogP contribution in [-0.2, 0) is 6.42 Å². The Balaban J connectivity index is 2.71. The number of halogens is 1. The zero-order valence-electron chi connectivity index (χ0n) is 12.2. The summed E-state index contributed by atoms with van der Waals surface area (Å²) < 4.78 is 6.28. The molecule has 1 rings (SSSR count). The molecule has 0 aliphatic rings. The molecule has 0 radical (unpaired) electrons. The van der Waals surface area contributed by atoms with Crippen molar-refractivity contribution >= 4 is 15.9 Å². The van der Waals surface area contributed by atoms with Gasteiger partial charge in [-0.05, 0) is 42.5 Å². The van der Waals surface area contributed by atoms with Crippen LogP contribution in [-0.4, -0.2) is 18.3 Å². The molecule has 0 aliphatic carbocycles. The van der Waals surface area contributed by atoms with Crippen LogP contribution in [0.3, 0.4) is 0 Å². The molecule has 0 spiro atoms. The van der Waals surface area contributed by atoms with Gasteiger partial charge in [0.1, 0.15) is 5.75 Å². The summed E-state index contributed by atoms with van der Waals surface area (Å²) in [6.07, 6.45) is 4.92. The van der Waals surface area contributed by atoms with Crippen LogP contribution in [0.4, 0.5) is 0 Å². The highest BCUT2D eigenvalue weighted by Gasteiger charge is 2.18. The fraction of sp³-hybridized carbons (Fsp3) is 0.625. The lowest BCUT2D eigenvalue weighted by atomic mass is 9.89. The Morgan fingerprint density at radius 2 is 2.05 bits per heavy atom. The van der Waals surface area contributed by atoms with Crippen molar-refractivity contribution in [3.63, 3.8) is 0 Å². The number of aliphatic hydroxyl groups excluding tert-OH is 1. The molecule has 0 saturated carbocycles. The van der Waals surface area contributed by atoms with Crippen LogP contribution in [0.5, 0.6) is 5.75 Å². The molecular formula is C16H25BrO2. The van der Waals surface area contributed by atoms with Crippen molar-refractivity contribution in [2.75, 3.05) is 7.11 Å². The molecule has 0 aromatic heterocycles. The predicted octanol–water partition coefficient (Wildman–Crippen LogP) is 4.58. The predicted molar refractivity (Wildman–Crippen MR) is 83.7 cm³/mol. The number of ether oxygens (including phenoxy) is 1. The van der Waals surface area contributed by atoms with Crippen molar-refractivity contribution in [3.8, 4) is 5.75 Å². The van der Waals surface area contributed by atoms with E-state index in [4.69, 9.17) is 4.74 Å². The minimum Gasteiger partial charge on any atom is -0.497 e. The van der Waals surface area contributed by atoms with Crippen LogP contribution in [0.2, 0.25) is 0 Å². The number of rotatable bonds is 8. The van der Waals surface area contributed by atoms with E-state index in [2.05, 4.69) is 29.8 Å². The highest BCUT2D eigenvalue weighted by Crippen LogP contribution is 2.27. The van der Waals surface area contributed by atoms with E-state index in [9.17, 15) is 5.11 Å². The smallest absolute Gasteiger partial charge is 0.119 e. The molecule has 0 aliphatic heterocycles. The highest BCUT2D eigenvalue weighted by molar-refractivity contribution is 9.10. The first-order valence-corrected chi connectivity index (χ1v) is 7.92. The van der Waals surface area contributed by atoms with Gasteiger partial charge in [-0.25, -0.2) is 0 Å². The van der Waals surface area contributed by atoms with Crippen molar-refractivity contribution < 1.29 is 9.84 Å². The van der Waals surface area contributed by atoms with E-state index in [1.807, 2.05) is 18.2 Å². The minimum atomic E-state index is -0.278. The number of methoxy groups -OCH3 is 1. The molecule has 0 saturated heterocycles. The molecule has 0 fully saturated rings. The van der Waals surface area contributed by atoms with Crippen LogP contribution < -0.4 is 4.74 Å². The first-order chi connectivity index (χ1) is 9.12. The van der Waals surface area contributed by atoms with Gasteiger partial charge in [-0.15, -0.1) is 0 Å². The molecule has 2 atom stereocenters. The topological polar surface area (TPSA) is 29.5 Å². The van der Waals surface area contributed by atoms with Crippen LogP contribution in [0.15, 0.2) is 22.7 Å². The highest BCUT2D eigenvalue weighted by atomic mass is 79.9. The maximum Gasteiger partial charge on any atom is 0.119 e. The summed E-state index contributed by atoms with van der Waals surface area (Å²) in [5.74, 6) is 1.23. The van der Waals surface area contributed by atoms with Crippen molar-refractivity contribution in [1.82, 2.24) is 0 Å². The second kappa shape index (κ2) is 8.60. The van der Waals surface area contributed by atoms with Crippen molar-refractivity contribution in [3.05, 3.63) is 28.2 Å². The van der Waals surface area contributed by atoms with Gasteiger partial charge >= 0.3 is 0 Å². The van der Waals surface area contributed by atoms with E-state index < -0.39 is 0 Å². The van der Waals surface area contributed by atoms with Gasteiger partial charge in [0.15, 0.2) is 0 Å². The molecule has 1 N–H and O–H groups in total. The molecule has 2 nitrogen and oxygen atoms in total. The van der Waals surface area contributed by atoms with Gasteiger partial charge in [0.2, 0.25) is 0 Å². The number of benzene rings is 1. The molecule has 1 aromatic carbocycles. The number of aliphatic hydroxyl groups is 1. The van der Waals surface area contributed by atoms with Gasteiger partial charge in [-0.2, -0.15) is 0 Å². The quantitative estimate of drug-likeness (QED) is 0.756. The standard InChI is InChI=1S/C16H25BrO2/c1-4-6-7-12(5-2)16(18)11-13-10-14(19-3)8-9-15(13)17/h8-10,12,16,18H,4-7,11H2,1-3H3. The molecule has 0 bridgehead atoms. The average Bonchev–Trinajstić information content (AvgIpc) is 2.42. The fourth-order valence-corrected chi connectivity index (χ4v) is 2.77. The van der Waals surface area contributed by atoms with Crippen molar-refractivity contribution in [1.29, 1.82) is 0 Å². The Morgan fingerprint density at radius 1 is 1.32 bits per heavy atom. The van der Waals surface area contributed by atoms with E-state index in [0.717, 1.165) is 28.6 Å². The first-order valence-electron chi connectivity index (χ1n) is 7.12. The largest absolute Gasteiger partial charge is 0.497 e. The molecule has 0 heterocycles. The van der Waals surface area contributed by atoms with Crippen molar-refractivity contribution in [2.24, 2.45) is 5.92 Å². The summed E-state index contributed by atoms with van der Waals surface area (Å²) in [6.45, 7) is 4.35. The Bertz CT molecular complexity index is 379. The maximum atomic E-state index is 10.4. The summed E-state index contributed by atoms with van der Waals surface area (Å²) in [4.78, 5) is 0. The van der Waals surface area contributed by atoms with Gasteiger partial charge in [-0.1, -0.05) is 49.0 Å². The molecule has 19 heavy (non-hydrogen) atoms. The Labute approximate surface area is 125 Å². The van der Waals surface area contributed by atoms with Crippen LogP contribution >= 0.6 is 15.9 Å². The number of hydrogen-bond donors (Lipinski definition) is 1. The fourth-order valence-electron chi connectivity index (χ4n) is 2.36. The third-order valence-electron chi connectivity index (χ3n) is 3.68. The maximum absolute atomic E-state index is 10.4. The third-order valence-corrected chi connectivity index (χ3v) is 4.45. The second-order valence-electron chi connectivity index (χ2n) is 5.04. The molecular weight excluding hydrogens is 304 g/mol. The van der Waals surface area contributed by atoms with E-state index in [1.165, 1.54) is 12.8 Å². The van der Waals surface area contributed by atoms with Gasteiger partial charge in [0.25, 0.3) is 0 Å². The summed E-state index contributed by atoms with van der Waals surface area (Å²) >= 11 is 3.55. The summed E-state index contributed by atoms with van der Waals surface area (Å²) in [5, 5.41) is 10.4. The zero-order valence-corrected chi connectivity index (χ0v) is 13.7. The lowest BCUT2D eigenvalue weighted by molar-refractivity contribution is 0.0985. The lowest BCUT2D eigenvalue weighted by Crippen LogP contribution is -2.22. The SMILES string of the molecule is CCCCC(CC)C(O)Cc1cc(OC)ccc1Br.